The Morgan fingerprint density at radius 3 is 1.93 bits per heavy atom. The van der Waals surface area contributed by atoms with E-state index in [1.807, 2.05) is 58.0 Å². The molecule has 2 amide bonds. The van der Waals surface area contributed by atoms with Crippen LogP contribution in [0.1, 0.15) is 37.5 Å². The van der Waals surface area contributed by atoms with Crippen LogP contribution in [-0.4, -0.2) is 43.3 Å². The third kappa shape index (κ3) is 8.71. The molecular weight excluding hydrogens is 594 g/mol. The number of rotatable bonds is 11. The van der Waals surface area contributed by atoms with Crippen LogP contribution in [0.3, 0.4) is 0 Å². The van der Waals surface area contributed by atoms with Gasteiger partial charge in [-0.25, -0.2) is 8.42 Å². The third-order valence-electron chi connectivity index (χ3n) is 6.97. The van der Waals surface area contributed by atoms with E-state index in [0.29, 0.717) is 10.7 Å². The van der Waals surface area contributed by atoms with E-state index in [-0.39, 0.29) is 23.8 Å². The van der Waals surface area contributed by atoms with Crippen molar-refractivity contribution in [3.63, 3.8) is 0 Å². The molecule has 230 valence electrons. The summed E-state index contributed by atoms with van der Waals surface area (Å²) in [4.78, 5) is 29.9. The molecule has 4 aromatic carbocycles. The molecule has 0 saturated heterocycles. The Kier molecular flexibility index (Phi) is 10.5. The van der Waals surface area contributed by atoms with Gasteiger partial charge in [-0.2, -0.15) is 0 Å². The number of hydrogen-bond acceptors (Lipinski definition) is 4. The molecule has 0 aliphatic heterocycles. The maximum atomic E-state index is 14.5. The second-order valence-corrected chi connectivity index (χ2v) is 14.1. The van der Waals surface area contributed by atoms with Crippen molar-refractivity contribution in [2.24, 2.45) is 0 Å². The Balaban J connectivity index is 1.80. The lowest BCUT2D eigenvalue weighted by Crippen LogP contribution is -2.56. The van der Waals surface area contributed by atoms with Crippen molar-refractivity contribution < 1.29 is 18.0 Å². The van der Waals surface area contributed by atoms with Crippen molar-refractivity contribution >= 4 is 39.1 Å². The molecule has 0 aromatic heterocycles. The maximum absolute atomic E-state index is 14.5. The van der Waals surface area contributed by atoms with Crippen molar-refractivity contribution in [2.75, 3.05) is 10.8 Å². The second kappa shape index (κ2) is 14.1. The number of nitrogens with zero attached hydrogens (tertiary/aromatic N) is 2. The van der Waals surface area contributed by atoms with Crippen molar-refractivity contribution in [3.8, 4) is 0 Å². The van der Waals surface area contributed by atoms with Gasteiger partial charge >= 0.3 is 0 Å². The second-order valence-electron chi connectivity index (χ2n) is 11.8. The monoisotopic (exact) mass is 631 g/mol. The number of hydrogen-bond donors (Lipinski definition) is 1. The zero-order chi connectivity index (χ0) is 31.9. The van der Waals surface area contributed by atoms with Crippen molar-refractivity contribution in [1.82, 2.24) is 10.2 Å². The molecule has 0 saturated carbocycles. The summed E-state index contributed by atoms with van der Waals surface area (Å²) < 4.78 is 29.1. The third-order valence-corrected chi connectivity index (χ3v) is 9.01. The number of benzene rings is 4. The van der Waals surface area contributed by atoms with E-state index in [9.17, 15) is 18.0 Å². The van der Waals surface area contributed by atoms with Crippen molar-refractivity contribution in [3.05, 3.63) is 131 Å². The van der Waals surface area contributed by atoms with Gasteiger partial charge in [0.05, 0.1) is 10.6 Å². The number of amides is 2. The summed E-state index contributed by atoms with van der Waals surface area (Å²) in [5, 5.41) is 3.57. The largest absolute Gasteiger partial charge is 0.350 e. The van der Waals surface area contributed by atoms with Crippen LogP contribution in [0.25, 0.3) is 0 Å². The summed E-state index contributed by atoms with van der Waals surface area (Å²) in [5.74, 6) is -0.860. The fourth-order valence-corrected chi connectivity index (χ4v) is 6.31. The van der Waals surface area contributed by atoms with Crippen LogP contribution in [-0.2, 0) is 32.6 Å². The highest BCUT2D eigenvalue weighted by atomic mass is 35.5. The first kappa shape index (κ1) is 32.8. The topological polar surface area (TPSA) is 86.8 Å². The summed E-state index contributed by atoms with van der Waals surface area (Å²) in [6.07, 6.45) is 0.234. The molecule has 0 spiro atoms. The highest BCUT2D eigenvalue weighted by molar-refractivity contribution is 7.92. The standard InChI is InChI=1S/C35H38ClN3O4S/c1-26-15-21-30(22-16-26)39(44(42,43)31-13-9-6-10-14-31)25-33(40)38(24-28-17-19-29(36)20-18-28)32(34(41)37-35(2,3)4)23-27-11-7-5-8-12-27/h5-22,32H,23-25H2,1-4H3,(H,37,41). The molecule has 44 heavy (non-hydrogen) atoms. The highest BCUT2D eigenvalue weighted by Crippen LogP contribution is 2.26. The summed E-state index contributed by atoms with van der Waals surface area (Å²) in [7, 11) is -4.14. The van der Waals surface area contributed by atoms with Gasteiger partial charge in [0.25, 0.3) is 10.0 Å². The Morgan fingerprint density at radius 1 is 0.795 bits per heavy atom. The smallest absolute Gasteiger partial charge is 0.264 e. The molecule has 4 rings (SSSR count). The number of nitrogens with one attached hydrogen (secondary N) is 1. The summed E-state index contributed by atoms with van der Waals surface area (Å²) >= 11 is 6.14. The lowest BCUT2D eigenvalue weighted by atomic mass is 10.0. The number of halogens is 1. The van der Waals surface area contributed by atoms with E-state index in [1.54, 1.807) is 66.7 Å². The van der Waals surface area contributed by atoms with Crippen molar-refractivity contribution in [1.29, 1.82) is 0 Å². The van der Waals surface area contributed by atoms with Crippen LogP contribution in [0.15, 0.2) is 114 Å². The fraction of sp³-hybridized carbons (Fsp3) is 0.257. The van der Waals surface area contributed by atoms with E-state index in [2.05, 4.69) is 5.32 Å². The SMILES string of the molecule is Cc1ccc(N(CC(=O)N(Cc2ccc(Cl)cc2)C(Cc2ccccc2)C(=O)NC(C)(C)C)S(=O)(=O)c2ccccc2)cc1. The van der Waals surface area contributed by atoms with Crippen LogP contribution < -0.4 is 9.62 Å². The van der Waals surface area contributed by atoms with Crippen LogP contribution in [0.2, 0.25) is 5.02 Å². The minimum absolute atomic E-state index is 0.0592. The minimum Gasteiger partial charge on any atom is -0.350 e. The summed E-state index contributed by atoms with van der Waals surface area (Å²) in [5.41, 5.74) is 2.34. The summed E-state index contributed by atoms with van der Waals surface area (Å²) in [6, 6.07) is 30.5. The van der Waals surface area contributed by atoms with Crippen LogP contribution in [0, 0.1) is 6.92 Å². The quantitative estimate of drug-likeness (QED) is 0.208. The molecule has 0 bridgehead atoms. The normalized spacial score (nSPS) is 12.3. The van der Waals surface area contributed by atoms with Gasteiger partial charge in [0.15, 0.2) is 0 Å². The zero-order valence-electron chi connectivity index (χ0n) is 25.4. The molecule has 4 aromatic rings. The van der Waals surface area contributed by atoms with Gasteiger partial charge in [0, 0.05) is 23.5 Å². The maximum Gasteiger partial charge on any atom is 0.264 e. The Bertz CT molecular complexity index is 1660. The molecule has 0 radical (unpaired) electrons. The lowest BCUT2D eigenvalue weighted by molar-refractivity contribution is -0.140. The Morgan fingerprint density at radius 2 is 1.36 bits per heavy atom. The van der Waals surface area contributed by atoms with Gasteiger partial charge in [-0.15, -0.1) is 0 Å². The number of aryl methyl sites for hydroxylation is 1. The first-order valence-electron chi connectivity index (χ1n) is 14.4. The predicted octanol–water partition coefficient (Wildman–Crippen LogP) is 6.40. The summed E-state index contributed by atoms with van der Waals surface area (Å²) in [6.45, 7) is 7.09. The van der Waals surface area contributed by atoms with E-state index >= 15 is 0 Å². The average molecular weight is 632 g/mol. The van der Waals surface area contributed by atoms with E-state index < -0.39 is 34.1 Å². The predicted molar refractivity (Wildman–Crippen MR) is 176 cm³/mol. The lowest BCUT2D eigenvalue weighted by Gasteiger charge is -2.35. The molecule has 9 heteroatoms. The number of sulfonamides is 1. The Hall–Kier alpha value is -4.14. The van der Waals surface area contributed by atoms with Gasteiger partial charge in [-0.05, 0) is 75.2 Å². The van der Waals surface area contributed by atoms with Crippen molar-refractivity contribution in [2.45, 2.75) is 57.1 Å². The minimum atomic E-state index is -4.14. The van der Waals surface area contributed by atoms with Gasteiger partial charge < -0.3 is 10.2 Å². The molecule has 7 nitrogen and oxygen atoms in total. The molecule has 1 N–H and O–H groups in total. The van der Waals surface area contributed by atoms with Crippen LogP contribution in [0.5, 0.6) is 0 Å². The molecule has 0 heterocycles. The highest BCUT2D eigenvalue weighted by Gasteiger charge is 2.35. The Labute approximate surface area is 265 Å². The van der Waals surface area contributed by atoms with E-state index in [0.717, 1.165) is 21.0 Å². The number of carbonyl (C=O) groups excluding carboxylic acids is 2. The zero-order valence-corrected chi connectivity index (χ0v) is 27.0. The number of anilines is 1. The molecule has 0 fully saturated rings. The van der Waals surface area contributed by atoms with Gasteiger partial charge in [-0.3, -0.25) is 13.9 Å². The van der Waals surface area contributed by atoms with Crippen LogP contribution >= 0.6 is 11.6 Å². The first-order valence-corrected chi connectivity index (χ1v) is 16.2. The fourth-order valence-electron chi connectivity index (χ4n) is 4.75. The average Bonchev–Trinajstić information content (AvgIpc) is 2.99. The van der Waals surface area contributed by atoms with Gasteiger partial charge in [0.1, 0.15) is 12.6 Å². The molecule has 0 aliphatic rings. The molecule has 1 unspecified atom stereocenters. The van der Waals surface area contributed by atoms with E-state index in [4.69, 9.17) is 11.6 Å². The first-order chi connectivity index (χ1) is 20.8. The van der Waals surface area contributed by atoms with Crippen LogP contribution in [0.4, 0.5) is 5.69 Å². The molecule has 1 atom stereocenters. The number of carbonyl (C=O) groups is 2. The van der Waals surface area contributed by atoms with Gasteiger partial charge in [0.2, 0.25) is 11.8 Å². The molecular formula is C35H38ClN3O4S. The van der Waals surface area contributed by atoms with Gasteiger partial charge in [-0.1, -0.05) is 90.0 Å². The molecule has 0 aliphatic carbocycles. The van der Waals surface area contributed by atoms with E-state index in [1.165, 1.54) is 17.0 Å².